The van der Waals surface area contributed by atoms with Crippen LogP contribution in [0.4, 0.5) is 4.39 Å². The predicted octanol–water partition coefficient (Wildman–Crippen LogP) is 3.66. The molecular formula is C15H17FN2S. The molecule has 1 aromatic heterocycles. The number of rotatable bonds is 6. The third kappa shape index (κ3) is 4.65. The number of benzene rings is 1. The summed E-state index contributed by atoms with van der Waals surface area (Å²) in [5.41, 5.74) is 0.879. The maximum atomic E-state index is 13.0. The van der Waals surface area contributed by atoms with Crippen LogP contribution in [0.15, 0.2) is 53.7 Å². The van der Waals surface area contributed by atoms with Gasteiger partial charge in [-0.15, -0.1) is 11.8 Å². The first-order valence-electron chi connectivity index (χ1n) is 6.27. The molecule has 0 bridgehead atoms. The summed E-state index contributed by atoms with van der Waals surface area (Å²) < 4.78 is 13.0. The van der Waals surface area contributed by atoms with Gasteiger partial charge in [-0.2, -0.15) is 0 Å². The van der Waals surface area contributed by atoms with E-state index in [9.17, 15) is 4.39 Å². The predicted molar refractivity (Wildman–Crippen MR) is 77.8 cm³/mol. The minimum Gasteiger partial charge on any atom is -0.309 e. The first-order valence-corrected chi connectivity index (χ1v) is 7.26. The highest BCUT2D eigenvalue weighted by Crippen LogP contribution is 2.17. The van der Waals surface area contributed by atoms with Crippen molar-refractivity contribution in [2.24, 2.45) is 0 Å². The quantitative estimate of drug-likeness (QED) is 0.644. The van der Waals surface area contributed by atoms with Crippen LogP contribution in [0.2, 0.25) is 0 Å². The van der Waals surface area contributed by atoms with Crippen LogP contribution in [0, 0.1) is 5.82 Å². The van der Waals surface area contributed by atoms with E-state index < -0.39 is 0 Å². The highest BCUT2D eigenvalue weighted by Gasteiger charge is 2.05. The van der Waals surface area contributed by atoms with Crippen molar-refractivity contribution in [3.63, 3.8) is 0 Å². The molecule has 100 valence electrons. The number of hydrogen-bond acceptors (Lipinski definition) is 3. The molecule has 1 heterocycles. The Balaban J connectivity index is 1.74. The molecule has 0 saturated carbocycles. The number of pyridine rings is 1. The van der Waals surface area contributed by atoms with E-state index in [2.05, 4.69) is 22.4 Å². The first-order chi connectivity index (χ1) is 9.25. The Hall–Kier alpha value is -1.39. The van der Waals surface area contributed by atoms with Crippen molar-refractivity contribution in [2.75, 3.05) is 12.3 Å². The van der Waals surface area contributed by atoms with Crippen molar-refractivity contribution in [3.05, 3.63) is 60.2 Å². The monoisotopic (exact) mass is 276 g/mol. The van der Waals surface area contributed by atoms with Gasteiger partial charge in [-0.05, 0) is 30.7 Å². The fourth-order valence-corrected chi connectivity index (χ4v) is 2.55. The van der Waals surface area contributed by atoms with Gasteiger partial charge in [0, 0.05) is 29.4 Å². The van der Waals surface area contributed by atoms with Gasteiger partial charge in [0.25, 0.3) is 0 Å². The van der Waals surface area contributed by atoms with Gasteiger partial charge in [-0.25, -0.2) is 4.39 Å². The second-order valence-electron chi connectivity index (χ2n) is 4.27. The Bertz CT molecular complexity index is 505. The summed E-state index contributed by atoms with van der Waals surface area (Å²) in [7, 11) is 0. The zero-order valence-electron chi connectivity index (χ0n) is 10.8. The largest absolute Gasteiger partial charge is 0.309 e. The normalized spacial score (nSPS) is 12.3. The van der Waals surface area contributed by atoms with E-state index in [-0.39, 0.29) is 11.9 Å². The molecule has 1 unspecified atom stereocenters. The molecule has 2 rings (SSSR count). The van der Waals surface area contributed by atoms with Crippen molar-refractivity contribution in [2.45, 2.75) is 17.9 Å². The molecule has 0 aliphatic heterocycles. The maximum absolute atomic E-state index is 13.0. The molecule has 19 heavy (non-hydrogen) atoms. The second-order valence-corrected chi connectivity index (χ2v) is 5.44. The molecule has 0 spiro atoms. The van der Waals surface area contributed by atoms with Crippen LogP contribution in [0.1, 0.15) is 18.5 Å². The van der Waals surface area contributed by atoms with Crippen LogP contribution in [0.5, 0.6) is 0 Å². The number of nitrogens with one attached hydrogen (secondary N) is 1. The smallest absolute Gasteiger partial charge is 0.141 e. The lowest BCUT2D eigenvalue weighted by atomic mass is 10.1. The van der Waals surface area contributed by atoms with Crippen molar-refractivity contribution in [3.8, 4) is 0 Å². The molecule has 0 saturated heterocycles. The molecular weight excluding hydrogens is 259 g/mol. The molecule has 1 atom stereocenters. The average Bonchev–Trinajstić information content (AvgIpc) is 2.44. The highest BCUT2D eigenvalue weighted by atomic mass is 32.2. The molecule has 1 N–H and O–H groups in total. The van der Waals surface area contributed by atoms with E-state index in [0.717, 1.165) is 17.9 Å². The lowest BCUT2D eigenvalue weighted by molar-refractivity contribution is 0.579. The van der Waals surface area contributed by atoms with Gasteiger partial charge in [0.1, 0.15) is 5.82 Å². The lowest BCUT2D eigenvalue weighted by Crippen LogP contribution is -2.21. The Morgan fingerprint density at radius 1 is 1.26 bits per heavy atom. The van der Waals surface area contributed by atoms with Crippen molar-refractivity contribution in [1.29, 1.82) is 0 Å². The number of nitrogens with zero attached hydrogens (tertiary/aromatic N) is 1. The fourth-order valence-electron chi connectivity index (χ4n) is 1.74. The van der Waals surface area contributed by atoms with Crippen molar-refractivity contribution < 1.29 is 4.39 Å². The molecule has 0 aliphatic rings. The topological polar surface area (TPSA) is 24.9 Å². The van der Waals surface area contributed by atoms with Crippen LogP contribution in [0.25, 0.3) is 0 Å². The zero-order valence-corrected chi connectivity index (χ0v) is 11.7. The van der Waals surface area contributed by atoms with Crippen LogP contribution in [-0.2, 0) is 0 Å². The molecule has 2 aromatic rings. The maximum Gasteiger partial charge on any atom is 0.141 e. The van der Waals surface area contributed by atoms with Crippen molar-refractivity contribution in [1.82, 2.24) is 10.3 Å². The van der Waals surface area contributed by atoms with E-state index in [1.807, 2.05) is 36.9 Å². The van der Waals surface area contributed by atoms with Crippen LogP contribution in [0.3, 0.4) is 0 Å². The van der Waals surface area contributed by atoms with Crippen LogP contribution >= 0.6 is 11.8 Å². The van der Waals surface area contributed by atoms with Crippen LogP contribution in [-0.4, -0.2) is 17.3 Å². The SMILES string of the molecule is CC(NCCSc1ccccc1)c1cncc(F)c1. The molecule has 0 amide bonds. The van der Waals surface area contributed by atoms with E-state index in [0.29, 0.717) is 0 Å². The second kappa shape index (κ2) is 7.26. The minimum atomic E-state index is -0.287. The zero-order chi connectivity index (χ0) is 13.5. The summed E-state index contributed by atoms with van der Waals surface area (Å²) in [5.74, 6) is 0.696. The Morgan fingerprint density at radius 3 is 2.79 bits per heavy atom. The number of halogens is 1. The Morgan fingerprint density at radius 2 is 2.05 bits per heavy atom. The number of aromatic nitrogens is 1. The third-order valence-corrected chi connectivity index (χ3v) is 3.80. The summed E-state index contributed by atoms with van der Waals surface area (Å²) in [6, 6.07) is 11.9. The van der Waals surface area contributed by atoms with Gasteiger partial charge in [-0.1, -0.05) is 18.2 Å². The lowest BCUT2D eigenvalue weighted by Gasteiger charge is -2.13. The van der Waals surface area contributed by atoms with Crippen LogP contribution < -0.4 is 5.32 Å². The van der Waals surface area contributed by atoms with Gasteiger partial charge in [-0.3, -0.25) is 4.98 Å². The van der Waals surface area contributed by atoms with Crippen molar-refractivity contribution >= 4 is 11.8 Å². The molecule has 4 heteroatoms. The Labute approximate surface area is 117 Å². The van der Waals surface area contributed by atoms with Gasteiger partial charge >= 0.3 is 0 Å². The summed E-state index contributed by atoms with van der Waals surface area (Å²) in [4.78, 5) is 5.13. The van der Waals surface area contributed by atoms with E-state index >= 15 is 0 Å². The standard InChI is InChI=1S/C15H17FN2S/c1-12(13-9-14(16)11-17-10-13)18-7-8-19-15-5-3-2-4-6-15/h2-6,9-12,18H,7-8H2,1H3. The molecule has 0 fully saturated rings. The number of thioether (sulfide) groups is 1. The first kappa shape index (κ1) is 14.0. The summed E-state index contributed by atoms with van der Waals surface area (Å²) in [6.45, 7) is 2.89. The molecule has 1 aromatic carbocycles. The van der Waals surface area contributed by atoms with Gasteiger partial charge in [0.2, 0.25) is 0 Å². The minimum absolute atomic E-state index is 0.111. The van der Waals surface area contributed by atoms with Gasteiger partial charge in [0.05, 0.1) is 6.20 Å². The summed E-state index contributed by atoms with van der Waals surface area (Å²) in [6.07, 6.45) is 2.92. The number of hydrogen-bond donors (Lipinski definition) is 1. The summed E-state index contributed by atoms with van der Waals surface area (Å²) >= 11 is 1.81. The highest BCUT2D eigenvalue weighted by molar-refractivity contribution is 7.99. The Kier molecular flexibility index (Phi) is 5.36. The van der Waals surface area contributed by atoms with E-state index in [4.69, 9.17) is 0 Å². The fraction of sp³-hybridized carbons (Fsp3) is 0.267. The van der Waals surface area contributed by atoms with Gasteiger partial charge < -0.3 is 5.32 Å². The molecule has 2 nitrogen and oxygen atoms in total. The third-order valence-electron chi connectivity index (χ3n) is 2.79. The summed E-state index contributed by atoms with van der Waals surface area (Å²) in [5, 5.41) is 3.37. The van der Waals surface area contributed by atoms with E-state index in [1.54, 1.807) is 6.20 Å². The average molecular weight is 276 g/mol. The van der Waals surface area contributed by atoms with Gasteiger partial charge in [0.15, 0.2) is 0 Å². The molecule has 0 radical (unpaired) electrons. The molecule has 0 aliphatic carbocycles. The van der Waals surface area contributed by atoms with E-state index in [1.165, 1.54) is 17.2 Å².